The number of ether oxygens (including phenoxy) is 8. The fourth-order valence-electron chi connectivity index (χ4n) is 7.90. The van der Waals surface area contributed by atoms with Gasteiger partial charge in [-0.05, 0) is 19.3 Å². The Morgan fingerprint density at radius 3 is 2.05 bits per heavy atom. The molecule has 23 heteroatoms. The van der Waals surface area contributed by atoms with Crippen LogP contribution in [0.2, 0.25) is 0 Å². The lowest BCUT2D eigenvalue weighted by atomic mass is 9.94. The molecular formula is C43H79NO20S2. The Labute approximate surface area is 396 Å². The molecule has 11 N–H and O–H groups in total. The molecule has 0 aromatic carbocycles. The van der Waals surface area contributed by atoms with Gasteiger partial charge in [-0.25, -0.2) is 0 Å². The van der Waals surface area contributed by atoms with Gasteiger partial charge in [0.15, 0.2) is 18.9 Å². The number of thioether (sulfide) groups is 2. The normalized spacial score (nSPS) is 32.3. The van der Waals surface area contributed by atoms with Crippen LogP contribution in [-0.2, 0) is 47.5 Å². The highest BCUT2D eigenvalue weighted by molar-refractivity contribution is 8.16. The van der Waals surface area contributed by atoms with E-state index in [9.17, 15) is 60.7 Å². The van der Waals surface area contributed by atoms with Gasteiger partial charge in [0, 0.05) is 29.2 Å². The molecular weight excluding hydrogens is 915 g/mol. The minimum absolute atomic E-state index is 0.00206. The lowest BCUT2D eigenvalue weighted by molar-refractivity contribution is -0.384. The molecule has 3 rings (SSSR count). The van der Waals surface area contributed by atoms with Crippen molar-refractivity contribution in [2.75, 3.05) is 51.0 Å². The lowest BCUT2D eigenvalue weighted by Crippen LogP contribution is -2.63. The number of aliphatic hydroxyl groups is 10. The van der Waals surface area contributed by atoms with E-state index in [4.69, 9.17) is 37.9 Å². The monoisotopic (exact) mass is 993 g/mol. The molecule has 0 spiro atoms. The number of carbonyl (C=O) groups excluding carboxylic acids is 2. The summed E-state index contributed by atoms with van der Waals surface area (Å²) in [6.45, 7) is -0.293. The van der Waals surface area contributed by atoms with Crippen molar-refractivity contribution >= 4 is 36.0 Å². The molecule has 0 aromatic heterocycles. The van der Waals surface area contributed by atoms with E-state index < -0.39 is 125 Å². The molecule has 3 aliphatic rings. The van der Waals surface area contributed by atoms with Crippen LogP contribution in [0.25, 0.3) is 0 Å². The highest BCUT2D eigenvalue weighted by Crippen LogP contribution is 2.33. The molecule has 0 aliphatic carbocycles. The Kier molecular flexibility index (Phi) is 30.1. The lowest BCUT2D eigenvalue weighted by Gasteiger charge is -2.46. The Bertz CT molecular complexity index is 1290. The van der Waals surface area contributed by atoms with Crippen molar-refractivity contribution in [1.82, 2.24) is 5.32 Å². The molecule has 3 fully saturated rings. The van der Waals surface area contributed by atoms with Gasteiger partial charge in [0.25, 0.3) is 6.47 Å². The molecule has 21 nitrogen and oxygen atoms in total. The molecule has 9 unspecified atom stereocenters. The highest BCUT2D eigenvalue weighted by Gasteiger charge is 2.51. The molecule has 0 saturated carbocycles. The van der Waals surface area contributed by atoms with Gasteiger partial charge in [-0.3, -0.25) is 9.59 Å². The van der Waals surface area contributed by atoms with Crippen LogP contribution in [0.4, 0.5) is 0 Å². The van der Waals surface area contributed by atoms with Crippen LogP contribution in [0.15, 0.2) is 0 Å². The van der Waals surface area contributed by atoms with Gasteiger partial charge in [-0.1, -0.05) is 77.6 Å². The molecule has 0 bridgehead atoms. The number of rotatable bonds is 35. The third-order valence-electron chi connectivity index (χ3n) is 12.0. The molecule has 388 valence electrons. The Morgan fingerprint density at radius 2 is 1.41 bits per heavy atom. The topological polar surface area (TPSA) is 322 Å². The van der Waals surface area contributed by atoms with E-state index in [1.54, 1.807) is 11.8 Å². The van der Waals surface area contributed by atoms with Crippen molar-refractivity contribution in [3.8, 4) is 0 Å². The van der Waals surface area contributed by atoms with Crippen LogP contribution in [-0.4, -0.2) is 212 Å². The maximum absolute atomic E-state index is 11.4. The first kappa shape index (κ1) is 59.3. The number of unbranched alkanes of at least 4 members (excludes halogenated alkanes) is 10. The predicted octanol–water partition coefficient (Wildman–Crippen LogP) is -0.418. The van der Waals surface area contributed by atoms with Gasteiger partial charge >= 0.3 is 5.97 Å². The summed E-state index contributed by atoms with van der Waals surface area (Å²) >= 11 is 3.59. The number of hydrogen-bond donors (Lipinski definition) is 11. The summed E-state index contributed by atoms with van der Waals surface area (Å²) < 4.78 is 43.1. The smallest absolute Gasteiger partial charge is 0.305 e. The third kappa shape index (κ3) is 20.0. The fourth-order valence-corrected chi connectivity index (χ4v) is 10.3. The zero-order valence-corrected chi connectivity index (χ0v) is 40.0. The average molecular weight is 994 g/mol. The number of esters is 1. The van der Waals surface area contributed by atoms with Crippen molar-refractivity contribution < 1.29 is 98.5 Å². The first-order chi connectivity index (χ1) is 31.8. The van der Waals surface area contributed by atoms with E-state index in [1.807, 2.05) is 11.8 Å². The number of hydrogen-bond acceptors (Lipinski definition) is 23. The molecule has 3 aliphatic heterocycles. The number of nitrogens with one attached hydrogen (secondary N) is 1. The first-order valence-electron chi connectivity index (χ1n) is 23.4. The van der Waals surface area contributed by atoms with Crippen molar-refractivity contribution in [3.63, 3.8) is 0 Å². The second-order valence-corrected chi connectivity index (χ2v) is 19.7. The van der Waals surface area contributed by atoms with Gasteiger partial charge in [-0.2, -0.15) is 0 Å². The second-order valence-electron chi connectivity index (χ2n) is 17.1. The standard InChI is InChI=1S/C43H79NO20S2/c1-3-4-5-6-7-9-12-15-26(16-13-10-8-11-14-17-32(50)57-2)66-25-65-23-44-18-28(48)34(52)30(20-46)61-41-38(56)36(54)31(22-59-41)62-43-39(35(53)29(49)21-58-43)63-42-37(55)33(51)27(19-45)40(64-42)60-24-47/h24,26-31,33-46,48-49,51-56H,3-23,25H2,1-2H3/t26?,27-,28?,29+,30?,31+,33-,34?,35?,36+,37?,38?,39?,40?,41-,42-,43-/m0/s1. The predicted molar refractivity (Wildman–Crippen MR) is 239 cm³/mol. The minimum atomic E-state index is -1.84. The van der Waals surface area contributed by atoms with E-state index in [1.165, 1.54) is 52.1 Å². The average Bonchev–Trinajstić information content (AvgIpc) is 3.31. The molecule has 0 radical (unpaired) electrons. The molecule has 0 aromatic rings. The van der Waals surface area contributed by atoms with Crippen LogP contribution in [0.1, 0.15) is 103 Å². The second kappa shape index (κ2) is 33.5. The van der Waals surface area contributed by atoms with Crippen LogP contribution >= 0.6 is 23.5 Å². The SMILES string of the molecule is CCCCCCCCCC(CCCCCCCC(=O)OC)SCSCNCC(O)C(O)C(CO)O[C@@H]1OC[C@@H](O[C@@H]2OC[C@@H](O)C(O)C2O[C@H]2OC(OC=O)[C@@H](CO)[C@H](O)C2O)[C@@H](O)C1O. The summed E-state index contributed by atoms with van der Waals surface area (Å²) in [5, 5.41) is 110. The first-order valence-corrected chi connectivity index (χ1v) is 25.6. The van der Waals surface area contributed by atoms with Crippen LogP contribution in [0, 0.1) is 5.92 Å². The van der Waals surface area contributed by atoms with Gasteiger partial charge in [0.2, 0.25) is 6.29 Å². The van der Waals surface area contributed by atoms with Gasteiger partial charge in [-0.15, -0.1) is 23.5 Å². The quantitative estimate of drug-likeness (QED) is 0.0166. The number of methoxy groups -OCH3 is 1. The van der Waals surface area contributed by atoms with E-state index >= 15 is 0 Å². The summed E-state index contributed by atoms with van der Waals surface area (Å²) in [6.07, 6.45) is -7.75. The summed E-state index contributed by atoms with van der Waals surface area (Å²) in [7, 11) is 1.41. The summed E-state index contributed by atoms with van der Waals surface area (Å²) in [5.74, 6) is -0.921. The highest BCUT2D eigenvalue weighted by atomic mass is 32.2. The number of aliphatic hydroxyl groups excluding tert-OH is 10. The van der Waals surface area contributed by atoms with E-state index in [2.05, 4.69) is 12.2 Å². The molecule has 0 amide bonds. The van der Waals surface area contributed by atoms with Crippen LogP contribution in [0.5, 0.6) is 0 Å². The summed E-state index contributed by atoms with van der Waals surface area (Å²) in [5.41, 5.74) is 0. The van der Waals surface area contributed by atoms with Gasteiger partial charge < -0.3 is 94.3 Å². The zero-order valence-electron chi connectivity index (χ0n) is 38.3. The Balaban J connectivity index is 1.43. The maximum Gasteiger partial charge on any atom is 0.305 e. The molecule has 3 heterocycles. The third-order valence-corrected chi connectivity index (χ3v) is 14.6. The van der Waals surface area contributed by atoms with Crippen molar-refractivity contribution in [2.45, 2.75) is 201 Å². The summed E-state index contributed by atoms with van der Waals surface area (Å²) in [6, 6.07) is 0. The number of carbonyl (C=O) groups is 2. The summed E-state index contributed by atoms with van der Waals surface area (Å²) in [4.78, 5) is 22.4. The molecule has 17 atom stereocenters. The molecule has 66 heavy (non-hydrogen) atoms. The van der Waals surface area contributed by atoms with Crippen molar-refractivity contribution in [3.05, 3.63) is 0 Å². The zero-order chi connectivity index (χ0) is 48.4. The van der Waals surface area contributed by atoms with Crippen LogP contribution < -0.4 is 5.32 Å². The maximum atomic E-state index is 11.4. The van der Waals surface area contributed by atoms with E-state index in [-0.39, 0.29) is 19.0 Å². The van der Waals surface area contributed by atoms with E-state index in [0.29, 0.717) is 17.5 Å². The van der Waals surface area contributed by atoms with Gasteiger partial charge in [0.1, 0.15) is 54.9 Å². The minimum Gasteiger partial charge on any atom is -0.469 e. The van der Waals surface area contributed by atoms with Crippen molar-refractivity contribution in [1.29, 1.82) is 0 Å². The fraction of sp³-hybridized carbons (Fsp3) is 0.953. The Morgan fingerprint density at radius 1 is 0.773 bits per heavy atom. The van der Waals surface area contributed by atoms with Gasteiger partial charge in [0.05, 0.1) is 51.7 Å². The van der Waals surface area contributed by atoms with Crippen LogP contribution in [0.3, 0.4) is 0 Å². The largest absolute Gasteiger partial charge is 0.469 e. The van der Waals surface area contributed by atoms with E-state index in [0.717, 1.165) is 50.0 Å². The van der Waals surface area contributed by atoms with Crippen molar-refractivity contribution in [2.24, 2.45) is 5.92 Å². The Hall–Kier alpha value is -1.04. The molecule has 3 saturated heterocycles.